The Balaban J connectivity index is 2.96. The van der Waals surface area contributed by atoms with Crippen molar-refractivity contribution in [1.29, 1.82) is 0 Å². The van der Waals surface area contributed by atoms with Crippen molar-refractivity contribution in [3.63, 3.8) is 0 Å². The van der Waals surface area contributed by atoms with E-state index in [2.05, 4.69) is 16.6 Å². The van der Waals surface area contributed by atoms with E-state index in [1.165, 1.54) is 0 Å². The van der Waals surface area contributed by atoms with Crippen LogP contribution in [0.5, 0.6) is 0 Å². The zero-order valence-electron chi connectivity index (χ0n) is 5.96. The van der Waals surface area contributed by atoms with Gasteiger partial charge in [-0.15, -0.1) is 0 Å². The fourth-order valence-electron chi connectivity index (χ4n) is 0.400. The van der Waals surface area contributed by atoms with Gasteiger partial charge in [-0.05, 0) is 0 Å². The number of ether oxygens (including phenoxy) is 3. The Morgan fingerprint density at radius 2 is 2.20 bits per heavy atom. The lowest BCUT2D eigenvalue weighted by molar-refractivity contribution is 0.0736. The van der Waals surface area contributed by atoms with Crippen molar-refractivity contribution < 1.29 is 19.0 Å². The van der Waals surface area contributed by atoms with E-state index in [9.17, 15) is 4.79 Å². The smallest absolute Gasteiger partial charge is 0.434 e. The molecule has 10 heavy (non-hydrogen) atoms. The molecular weight excluding hydrogens is 136 g/mol. The molecule has 0 unspecified atom stereocenters. The lowest BCUT2D eigenvalue weighted by atomic mass is 10.5. The summed E-state index contributed by atoms with van der Waals surface area (Å²) in [4.78, 5) is 10.2. The first-order valence-electron chi connectivity index (χ1n) is 2.89. The Morgan fingerprint density at radius 3 is 2.70 bits per heavy atom. The van der Waals surface area contributed by atoms with Gasteiger partial charge in [-0.25, -0.2) is 4.79 Å². The van der Waals surface area contributed by atoms with Gasteiger partial charge in [0.2, 0.25) is 0 Å². The van der Waals surface area contributed by atoms with Crippen LogP contribution in [0, 0.1) is 7.11 Å². The van der Waals surface area contributed by atoms with Crippen LogP contribution in [0.3, 0.4) is 0 Å². The minimum absolute atomic E-state index is 0.308. The van der Waals surface area contributed by atoms with E-state index >= 15 is 0 Å². The highest BCUT2D eigenvalue weighted by molar-refractivity contribution is 5.59. The first kappa shape index (κ1) is 9.23. The summed E-state index contributed by atoms with van der Waals surface area (Å²) >= 11 is 0. The summed E-state index contributed by atoms with van der Waals surface area (Å²) in [6, 6.07) is 0. The molecule has 4 heteroatoms. The van der Waals surface area contributed by atoms with Gasteiger partial charge in [0, 0.05) is 20.1 Å². The standard InChI is InChI=1S/C6H11O4/c1-8-4-3-5-10-6(7)9-2/h2-5H2,1H3. The molecule has 0 atom stereocenters. The van der Waals surface area contributed by atoms with Crippen molar-refractivity contribution in [3.8, 4) is 0 Å². The molecule has 0 aromatic rings. The van der Waals surface area contributed by atoms with Crippen LogP contribution in [0.4, 0.5) is 4.79 Å². The van der Waals surface area contributed by atoms with Gasteiger partial charge in [0.1, 0.15) is 7.11 Å². The average molecular weight is 147 g/mol. The third-order valence-corrected chi connectivity index (χ3v) is 0.831. The van der Waals surface area contributed by atoms with Crippen molar-refractivity contribution in [2.75, 3.05) is 20.3 Å². The third-order valence-electron chi connectivity index (χ3n) is 0.831. The van der Waals surface area contributed by atoms with E-state index in [4.69, 9.17) is 4.74 Å². The summed E-state index contributed by atoms with van der Waals surface area (Å²) in [5, 5.41) is 0. The summed E-state index contributed by atoms with van der Waals surface area (Å²) in [5.74, 6) is 0. The number of carbonyl (C=O) groups is 1. The second-order valence-electron chi connectivity index (χ2n) is 1.59. The van der Waals surface area contributed by atoms with E-state index in [-0.39, 0.29) is 0 Å². The Labute approximate surface area is 60.1 Å². The van der Waals surface area contributed by atoms with Crippen LogP contribution in [0.25, 0.3) is 0 Å². The van der Waals surface area contributed by atoms with Gasteiger partial charge in [-0.1, -0.05) is 0 Å². The first-order chi connectivity index (χ1) is 4.81. The first-order valence-corrected chi connectivity index (χ1v) is 2.89. The second kappa shape index (κ2) is 6.35. The summed E-state index contributed by atoms with van der Waals surface area (Å²) in [5.41, 5.74) is 0. The van der Waals surface area contributed by atoms with E-state index in [1.807, 2.05) is 0 Å². The lowest BCUT2D eigenvalue weighted by Crippen LogP contribution is -2.06. The van der Waals surface area contributed by atoms with Gasteiger partial charge in [-0.2, -0.15) is 0 Å². The molecule has 0 aliphatic carbocycles. The van der Waals surface area contributed by atoms with Crippen molar-refractivity contribution in [3.05, 3.63) is 7.11 Å². The van der Waals surface area contributed by atoms with Gasteiger partial charge in [0.05, 0.1) is 6.61 Å². The molecule has 0 saturated carbocycles. The van der Waals surface area contributed by atoms with Crippen molar-refractivity contribution >= 4 is 6.16 Å². The van der Waals surface area contributed by atoms with Crippen LogP contribution in [-0.4, -0.2) is 26.5 Å². The lowest BCUT2D eigenvalue weighted by Gasteiger charge is -2.00. The summed E-state index contributed by atoms with van der Waals surface area (Å²) in [6.07, 6.45) is -0.0814. The summed E-state index contributed by atoms with van der Waals surface area (Å²) < 4.78 is 13.2. The molecular formula is C6H11O4. The van der Waals surface area contributed by atoms with Gasteiger partial charge < -0.3 is 14.2 Å². The molecule has 0 amide bonds. The van der Waals surface area contributed by atoms with Crippen LogP contribution in [0.1, 0.15) is 6.42 Å². The SMILES string of the molecule is [CH2]OC(=O)OCCCOC. The molecule has 0 bridgehead atoms. The second-order valence-corrected chi connectivity index (χ2v) is 1.59. The zero-order chi connectivity index (χ0) is 7.82. The maximum atomic E-state index is 10.2. The van der Waals surface area contributed by atoms with Crippen molar-refractivity contribution in [2.24, 2.45) is 0 Å². The number of methoxy groups -OCH3 is 1. The molecule has 0 aromatic carbocycles. The maximum Gasteiger partial charge on any atom is 0.508 e. The molecule has 0 saturated heterocycles. The van der Waals surface area contributed by atoms with E-state index in [0.717, 1.165) is 0 Å². The highest BCUT2D eigenvalue weighted by atomic mass is 16.7. The van der Waals surface area contributed by atoms with Gasteiger partial charge in [0.25, 0.3) is 0 Å². The number of carbonyl (C=O) groups excluding carboxylic acids is 1. The molecule has 0 heterocycles. The highest BCUT2D eigenvalue weighted by Crippen LogP contribution is 1.86. The highest BCUT2D eigenvalue weighted by Gasteiger charge is 1.97. The Morgan fingerprint density at radius 1 is 1.50 bits per heavy atom. The zero-order valence-corrected chi connectivity index (χ0v) is 5.96. The predicted molar refractivity (Wildman–Crippen MR) is 34.3 cm³/mol. The largest absolute Gasteiger partial charge is 0.508 e. The summed E-state index contributed by atoms with van der Waals surface area (Å²) in [6.45, 7) is 0.882. The van der Waals surface area contributed by atoms with Crippen LogP contribution in [0.2, 0.25) is 0 Å². The van der Waals surface area contributed by atoms with E-state index in [0.29, 0.717) is 19.6 Å². The fraction of sp³-hybridized carbons (Fsp3) is 0.667. The molecule has 0 rings (SSSR count). The van der Waals surface area contributed by atoms with E-state index in [1.54, 1.807) is 7.11 Å². The quantitative estimate of drug-likeness (QED) is 0.439. The minimum atomic E-state index is -0.754. The fourth-order valence-corrected chi connectivity index (χ4v) is 0.400. The normalized spacial score (nSPS) is 9.00. The molecule has 1 radical (unpaired) electrons. The molecule has 0 aromatic heterocycles. The average Bonchev–Trinajstić information content (AvgIpc) is 1.98. The van der Waals surface area contributed by atoms with Crippen LogP contribution in [0.15, 0.2) is 0 Å². The third kappa shape index (κ3) is 5.37. The summed E-state index contributed by atoms with van der Waals surface area (Å²) in [7, 11) is 4.46. The van der Waals surface area contributed by atoms with E-state index < -0.39 is 6.16 Å². The maximum absolute atomic E-state index is 10.2. The Bertz CT molecular complexity index is 91.7. The topological polar surface area (TPSA) is 44.8 Å². The van der Waals surface area contributed by atoms with Crippen molar-refractivity contribution in [1.82, 2.24) is 0 Å². The number of hydrogen-bond acceptors (Lipinski definition) is 4. The molecule has 0 fully saturated rings. The van der Waals surface area contributed by atoms with Gasteiger partial charge in [-0.3, -0.25) is 0 Å². The Hall–Kier alpha value is -0.770. The van der Waals surface area contributed by atoms with Crippen molar-refractivity contribution in [2.45, 2.75) is 6.42 Å². The molecule has 59 valence electrons. The molecule has 0 aliphatic heterocycles. The molecule has 0 spiro atoms. The Kier molecular flexibility index (Phi) is 5.86. The molecule has 0 aliphatic rings. The number of hydrogen-bond donors (Lipinski definition) is 0. The van der Waals surface area contributed by atoms with Gasteiger partial charge in [0.15, 0.2) is 0 Å². The van der Waals surface area contributed by atoms with Crippen LogP contribution < -0.4 is 0 Å². The molecule has 4 nitrogen and oxygen atoms in total. The monoisotopic (exact) mass is 147 g/mol. The van der Waals surface area contributed by atoms with Crippen LogP contribution in [-0.2, 0) is 14.2 Å². The number of rotatable bonds is 4. The minimum Gasteiger partial charge on any atom is -0.434 e. The predicted octanol–water partition coefficient (Wildman–Crippen LogP) is 0.968. The molecule has 0 N–H and O–H groups in total. The van der Waals surface area contributed by atoms with Crippen LogP contribution >= 0.6 is 0 Å². The van der Waals surface area contributed by atoms with Gasteiger partial charge >= 0.3 is 6.16 Å².